The lowest BCUT2D eigenvalue weighted by Crippen LogP contribution is -2.15. The predicted molar refractivity (Wildman–Crippen MR) is 75.2 cm³/mol. The largest absolute Gasteiger partial charge is 0.322 e. The van der Waals surface area contributed by atoms with Crippen LogP contribution in [0.5, 0.6) is 0 Å². The number of amides is 1. The fourth-order valence-electron chi connectivity index (χ4n) is 1.75. The second-order valence-electron chi connectivity index (χ2n) is 4.85. The molecule has 104 valence electrons. The molecule has 0 aliphatic heterocycles. The molecule has 0 fully saturated rings. The van der Waals surface area contributed by atoms with Crippen molar-refractivity contribution in [1.29, 1.82) is 0 Å². The molecule has 1 N–H and O–H groups in total. The van der Waals surface area contributed by atoms with E-state index in [1.165, 1.54) is 24.4 Å². The Morgan fingerprint density at radius 1 is 1.35 bits per heavy atom. The molecule has 0 saturated heterocycles. The molecule has 0 aliphatic rings. The van der Waals surface area contributed by atoms with Crippen LogP contribution in [0.3, 0.4) is 0 Å². The number of hydrogen-bond acceptors (Lipinski definition) is 3. The van der Waals surface area contributed by atoms with Crippen molar-refractivity contribution >= 4 is 11.6 Å². The maximum absolute atomic E-state index is 13.1. The molecule has 0 unspecified atom stereocenters. The molecule has 1 aromatic heterocycles. The number of rotatable bonds is 3. The zero-order valence-electron chi connectivity index (χ0n) is 11.6. The van der Waals surface area contributed by atoms with E-state index in [0.29, 0.717) is 22.8 Å². The molecule has 0 aliphatic carbocycles. The van der Waals surface area contributed by atoms with Gasteiger partial charge in [-0.3, -0.25) is 4.79 Å². The van der Waals surface area contributed by atoms with Crippen LogP contribution in [0, 0.1) is 12.7 Å². The summed E-state index contributed by atoms with van der Waals surface area (Å²) >= 11 is 0. The third-order valence-electron chi connectivity index (χ3n) is 2.84. The molecular formula is C15H16FN3O. The number of carbonyl (C=O) groups is 1. The van der Waals surface area contributed by atoms with Crippen LogP contribution in [-0.4, -0.2) is 15.9 Å². The van der Waals surface area contributed by atoms with Crippen LogP contribution in [0.2, 0.25) is 0 Å². The van der Waals surface area contributed by atoms with Gasteiger partial charge in [0, 0.05) is 17.8 Å². The highest BCUT2D eigenvalue weighted by molar-refractivity contribution is 6.04. The third-order valence-corrected chi connectivity index (χ3v) is 2.84. The molecule has 1 heterocycles. The van der Waals surface area contributed by atoms with E-state index in [1.54, 1.807) is 13.0 Å². The molecule has 0 saturated carbocycles. The lowest BCUT2D eigenvalue weighted by Gasteiger charge is -2.09. The summed E-state index contributed by atoms with van der Waals surface area (Å²) in [6, 6.07) is 5.74. The molecule has 5 heteroatoms. The lowest BCUT2D eigenvalue weighted by molar-refractivity contribution is 0.102. The lowest BCUT2D eigenvalue weighted by atomic mass is 10.1. The minimum absolute atomic E-state index is 0.203. The van der Waals surface area contributed by atoms with Gasteiger partial charge < -0.3 is 5.32 Å². The molecule has 0 bridgehead atoms. The Bertz CT molecular complexity index is 641. The Morgan fingerprint density at radius 2 is 2.10 bits per heavy atom. The average molecular weight is 273 g/mol. The van der Waals surface area contributed by atoms with Crippen LogP contribution in [0.25, 0.3) is 0 Å². The van der Waals surface area contributed by atoms with Crippen molar-refractivity contribution in [3.8, 4) is 0 Å². The Kier molecular flexibility index (Phi) is 4.08. The van der Waals surface area contributed by atoms with Crippen molar-refractivity contribution in [2.45, 2.75) is 26.7 Å². The van der Waals surface area contributed by atoms with Gasteiger partial charge in [0.1, 0.15) is 11.6 Å². The fraction of sp³-hybridized carbons (Fsp3) is 0.267. The summed E-state index contributed by atoms with van der Waals surface area (Å²) in [7, 11) is 0. The number of hydrogen-bond donors (Lipinski definition) is 1. The van der Waals surface area contributed by atoms with Gasteiger partial charge in [0.05, 0.1) is 11.3 Å². The van der Waals surface area contributed by atoms with Gasteiger partial charge in [0.25, 0.3) is 5.91 Å². The summed E-state index contributed by atoms with van der Waals surface area (Å²) in [6.07, 6.45) is 1.51. The normalized spacial score (nSPS) is 10.7. The quantitative estimate of drug-likeness (QED) is 0.933. The van der Waals surface area contributed by atoms with Crippen LogP contribution in [0.15, 0.2) is 30.5 Å². The SMILES string of the molecule is Cc1nc(C(C)C)ncc1C(=O)Nc1cccc(F)c1. The van der Waals surface area contributed by atoms with Crippen molar-refractivity contribution in [3.05, 3.63) is 53.4 Å². The zero-order valence-corrected chi connectivity index (χ0v) is 11.6. The first-order chi connectivity index (χ1) is 9.47. The van der Waals surface area contributed by atoms with Crippen LogP contribution < -0.4 is 5.32 Å². The van der Waals surface area contributed by atoms with E-state index in [0.717, 1.165) is 0 Å². The standard InChI is InChI=1S/C15H16FN3O/c1-9(2)14-17-8-13(10(3)18-14)15(20)19-12-6-4-5-11(16)7-12/h4-9H,1-3H3,(H,19,20). The highest BCUT2D eigenvalue weighted by Crippen LogP contribution is 2.14. The average Bonchev–Trinajstić information content (AvgIpc) is 2.38. The summed E-state index contributed by atoms with van der Waals surface area (Å²) in [6.45, 7) is 5.73. The Hall–Kier alpha value is -2.30. The molecular weight excluding hydrogens is 257 g/mol. The van der Waals surface area contributed by atoms with Gasteiger partial charge in [0.2, 0.25) is 0 Å². The number of anilines is 1. The predicted octanol–water partition coefficient (Wildman–Crippen LogP) is 3.30. The van der Waals surface area contributed by atoms with Crippen molar-refractivity contribution in [2.75, 3.05) is 5.32 Å². The highest BCUT2D eigenvalue weighted by Gasteiger charge is 2.13. The smallest absolute Gasteiger partial charge is 0.259 e. The van der Waals surface area contributed by atoms with Crippen LogP contribution in [0.1, 0.15) is 41.6 Å². The highest BCUT2D eigenvalue weighted by atomic mass is 19.1. The van der Waals surface area contributed by atoms with Gasteiger partial charge in [0.15, 0.2) is 0 Å². The summed E-state index contributed by atoms with van der Waals surface area (Å²) in [5, 5.41) is 2.63. The van der Waals surface area contributed by atoms with Gasteiger partial charge in [-0.1, -0.05) is 19.9 Å². The first-order valence-corrected chi connectivity index (χ1v) is 6.38. The minimum atomic E-state index is -0.397. The number of benzene rings is 1. The van der Waals surface area contributed by atoms with E-state index in [9.17, 15) is 9.18 Å². The third kappa shape index (κ3) is 3.17. The second kappa shape index (κ2) is 5.77. The Morgan fingerprint density at radius 3 is 2.70 bits per heavy atom. The molecule has 4 nitrogen and oxygen atoms in total. The summed E-state index contributed by atoms with van der Waals surface area (Å²) in [4.78, 5) is 20.6. The van der Waals surface area contributed by atoms with Gasteiger partial charge in [-0.05, 0) is 25.1 Å². The maximum Gasteiger partial charge on any atom is 0.259 e. The minimum Gasteiger partial charge on any atom is -0.322 e. The van der Waals surface area contributed by atoms with Crippen molar-refractivity contribution in [2.24, 2.45) is 0 Å². The van der Waals surface area contributed by atoms with Gasteiger partial charge >= 0.3 is 0 Å². The first kappa shape index (κ1) is 14.1. The summed E-state index contributed by atoms with van der Waals surface area (Å²) in [5.74, 6) is 0.160. The van der Waals surface area contributed by atoms with Gasteiger partial charge in [-0.2, -0.15) is 0 Å². The number of halogens is 1. The maximum atomic E-state index is 13.1. The van der Waals surface area contributed by atoms with Crippen molar-refractivity contribution in [1.82, 2.24) is 9.97 Å². The van der Waals surface area contributed by atoms with E-state index < -0.39 is 5.82 Å². The topological polar surface area (TPSA) is 54.9 Å². The van der Waals surface area contributed by atoms with E-state index in [2.05, 4.69) is 15.3 Å². The molecule has 2 aromatic rings. The number of aromatic nitrogens is 2. The van der Waals surface area contributed by atoms with E-state index in [-0.39, 0.29) is 11.8 Å². The monoisotopic (exact) mass is 273 g/mol. The Balaban J connectivity index is 2.21. The molecule has 1 amide bonds. The molecule has 0 radical (unpaired) electrons. The molecule has 20 heavy (non-hydrogen) atoms. The van der Waals surface area contributed by atoms with Crippen molar-refractivity contribution < 1.29 is 9.18 Å². The number of nitrogens with one attached hydrogen (secondary N) is 1. The molecule has 1 aromatic carbocycles. The fourth-order valence-corrected chi connectivity index (χ4v) is 1.75. The Labute approximate surface area is 117 Å². The van der Waals surface area contributed by atoms with E-state index in [1.807, 2.05) is 13.8 Å². The molecule has 0 atom stereocenters. The van der Waals surface area contributed by atoms with Crippen LogP contribution in [-0.2, 0) is 0 Å². The van der Waals surface area contributed by atoms with Gasteiger partial charge in [-0.25, -0.2) is 14.4 Å². The number of carbonyl (C=O) groups excluding carboxylic acids is 1. The first-order valence-electron chi connectivity index (χ1n) is 6.38. The number of nitrogens with zero attached hydrogens (tertiary/aromatic N) is 2. The van der Waals surface area contributed by atoms with Crippen LogP contribution in [0.4, 0.5) is 10.1 Å². The molecule has 2 rings (SSSR count). The van der Waals surface area contributed by atoms with E-state index >= 15 is 0 Å². The van der Waals surface area contributed by atoms with E-state index in [4.69, 9.17) is 0 Å². The summed E-state index contributed by atoms with van der Waals surface area (Å²) < 4.78 is 13.1. The second-order valence-corrected chi connectivity index (χ2v) is 4.85. The van der Waals surface area contributed by atoms with Crippen LogP contribution >= 0.6 is 0 Å². The molecule has 0 spiro atoms. The zero-order chi connectivity index (χ0) is 14.7. The van der Waals surface area contributed by atoms with Gasteiger partial charge in [-0.15, -0.1) is 0 Å². The van der Waals surface area contributed by atoms with Crippen molar-refractivity contribution in [3.63, 3.8) is 0 Å². The number of aryl methyl sites for hydroxylation is 1. The summed E-state index contributed by atoms with van der Waals surface area (Å²) in [5.41, 5.74) is 1.40.